The quantitative estimate of drug-likeness (QED) is 0.440. The number of aromatic nitrogens is 2. The molecule has 2 aromatic heterocycles. The zero-order chi connectivity index (χ0) is 24.7. The fourth-order valence-electron chi connectivity index (χ4n) is 3.85. The maximum atomic E-state index is 14.8. The van der Waals surface area contributed by atoms with Crippen LogP contribution in [0.25, 0.3) is 22.2 Å². The number of hydrogen-bond donors (Lipinski definition) is 1. The summed E-state index contributed by atoms with van der Waals surface area (Å²) in [5.41, 5.74) is 2.30. The van der Waals surface area contributed by atoms with Crippen LogP contribution in [0.3, 0.4) is 0 Å². The van der Waals surface area contributed by atoms with E-state index in [1.54, 1.807) is 42.7 Å². The number of fused-ring (bicyclic) bond motifs is 1. The van der Waals surface area contributed by atoms with Crippen molar-refractivity contribution in [1.82, 2.24) is 14.3 Å². The number of pyridine rings is 2. The zero-order valence-electron chi connectivity index (χ0n) is 18.4. The minimum Gasteiger partial charge on any atom is -0.322 e. The van der Waals surface area contributed by atoms with Crippen LogP contribution in [0.2, 0.25) is 5.02 Å². The number of nitrogens with one attached hydrogen (secondary N) is 1. The highest BCUT2D eigenvalue weighted by Gasteiger charge is 2.34. The largest absolute Gasteiger partial charge is 0.322 e. The van der Waals surface area contributed by atoms with Crippen LogP contribution in [-0.4, -0.2) is 48.7 Å². The lowest BCUT2D eigenvalue weighted by Gasteiger charge is -2.18. The van der Waals surface area contributed by atoms with E-state index in [0.29, 0.717) is 28.5 Å². The molecule has 1 fully saturated rings. The van der Waals surface area contributed by atoms with Crippen LogP contribution in [-0.2, 0) is 10.2 Å². The van der Waals surface area contributed by atoms with Crippen LogP contribution in [0.5, 0.6) is 0 Å². The van der Waals surface area contributed by atoms with Crippen molar-refractivity contribution in [2.75, 3.05) is 29.8 Å². The molecule has 35 heavy (non-hydrogen) atoms. The van der Waals surface area contributed by atoms with E-state index in [9.17, 15) is 17.6 Å². The third kappa shape index (κ3) is 4.31. The van der Waals surface area contributed by atoms with Crippen molar-refractivity contribution >= 4 is 50.0 Å². The molecular weight excluding hydrogens is 493 g/mol. The smallest absolute Gasteiger partial charge is 0.303 e. The van der Waals surface area contributed by atoms with Gasteiger partial charge in [-0.25, -0.2) is 9.37 Å². The Morgan fingerprint density at radius 2 is 1.91 bits per heavy atom. The van der Waals surface area contributed by atoms with E-state index in [1.165, 1.54) is 23.5 Å². The Morgan fingerprint density at radius 1 is 1.09 bits per heavy atom. The van der Waals surface area contributed by atoms with Crippen molar-refractivity contribution in [3.05, 3.63) is 83.4 Å². The predicted molar refractivity (Wildman–Crippen MR) is 133 cm³/mol. The molecule has 1 saturated heterocycles. The van der Waals surface area contributed by atoms with E-state index < -0.39 is 21.9 Å². The summed E-state index contributed by atoms with van der Waals surface area (Å²) in [6, 6.07) is 14.1. The van der Waals surface area contributed by atoms with Gasteiger partial charge in [0.15, 0.2) is 0 Å². The van der Waals surface area contributed by atoms with Crippen LogP contribution < -0.4 is 9.62 Å². The number of hydrogen-bond acceptors (Lipinski definition) is 5. The monoisotopic (exact) mass is 511 g/mol. The van der Waals surface area contributed by atoms with E-state index in [2.05, 4.69) is 15.3 Å². The molecule has 0 radical (unpaired) electrons. The molecule has 178 valence electrons. The summed E-state index contributed by atoms with van der Waals surface area (Å²) in [7, 11) is -2.23. The number of nitrogens with zero attached hydrogens (tertiary/aromatic N) is 4. The molecule has 0 saturated carbocycles. The predicted octanol–water partition coefficient (Wildman–Crippen LogP) is 4.34. The Morgan fingerprint density at radius 3 is 2.66 bits per heavy atom. The summed E-state index contributed by atoms with van der Waals surface area (Å²) < 4.78 is 41.8. The molecule has 0 bridgehead atoms. The number of benzene rings is 2. The number of rotatable bonds is 4. The SMILES string of the molecule is CN1CCN(c2ccc(C(=O)Nc3ccc(Cl)c(-c4ccc5cnccc5n4)c3)c(F)c2)S1(=O)=O. The Labute approximate surface area is 206 Å². The van der Waals surface area contributed by atoms with Gasteiger partial charge >= 0.3 is 10.2 Å². The number of amides is 1. The summed E-state index contributed by atoms with van der Waals surface area (Å²) >= 11 is 6.39. The fraction of sp³-hybridized carbons (Fsp3) is 0.125. The van der Waals surface area contributed by atoms with Gasteiger partial charge in [-0.1, -0.05) is 11.6 Å². The second-order valence-electron chi connectivity index (χ2n) is 7.98. The van der Waals surface area contributed by atoms with E-state index in [0.717, 1.165) is 21.3 Å². The van der Waals surface area contributed by atoms with Crippen LogP contribution >= 0.6 is 11.6 Å². The standard InChI is InChI=1S/C24H19ClFN5O3S/c1-30-10-11-31(35(30,33)34)17-4-5-18(21(26)13-17)24(32)28-16-3-6-20(25)19(12-16)23-7-2-15-14-27-9-8-22(15)29-23/h2-9,12-14H,10-11H2,1H3,(H,28,32). The molecule has 4 aromatic rings. The normalized spacial score (nSPS) is 15.5. The van der Waals surface area contributed by atoms with Gasteiger partial charge in [-0.05, 0) is 54.6 Å². The Kier molecular flexibility index (Phi) is 5.87. The van der Waals surface area contributed by atoms with Gasteiger partial charge in [0.25, 0.3) is 5.91 Å². The van der Waals surface area contributed by atoms with Crippen molar-refractivity contribution in [3.8, 4) is 11.3 Å². The number of carbonyl (C=O) groups is 1. The van der Waals surface area contributed by atoms with Crippen LogP contribution in [0.1, 0.15) is 10.4 Å². The topological polar surface area (TPSA) is 95.5 Å². The summed E-state index contributed by atoms with van der Waals surface area (Å²) in [6.07, 6.45) is 3.36. The first-order valence-corrected chi connectivity index (χ1v) is 12.4. The van der Waals surface area contributed by atoms with Crippen molar-refractivity contribution < 1.29 is 17.6 Å². The lowest BCUT2D eigenvalue weighted by Crippen LogP contribution is -2.30. The van der Waals surface area contributed by atoms with E-state index in [1.807, 2.05) is 6.07 Å². The van der Waals surface area contributed by atoms with E-state index >= 15 is 0 Å². The van der Waals surface area contributed by atoms with Crippen LogP contribution in [0.4, 0.5) is 15.8 Å². The molecular formula is C24H19ClFN5O3S. The Balaban J connectivity index is 1.40. The molecule has 3 heterocycles. The van der Waals surface area contributed by atoms with Crippen molar-refractivity contribution in [2.45, 2.75) is 0 Å². The van der Waals surface area contributed by atoms with Gasteiger partial charge in [-0.3, -0.25) is 14.1 Å². The molecule has 8 nitrogen and oxygen atoms in total. The summed E-state index contributed by atoms with van der Waals surface area (Å²) in [5, 5.41) is 3.99. The Bertz CT molecular complexity index is 1580. The van der Waals surface area contributed by atoms with Gasteiger partial charge in [0.1, 0.15) is 5.82 Å². The minimum atomic E-state index is -3.69. The number of halogens is 2. The number of anilines is 2. The maximum absolute atomic E-state index is 14.8. The average molecular weight is 512 g/mol. The number of likely N-dealkylation sites (N-methyl/N-ethyl adjacent to an activating group) is 1. The van der Waals surface area contributed by atoms with Gasteiger partial charge in [-0.2, -0.15) is 12.7 Å². The minimum absolute atomic E-state index is 0.162. The fourth-order valence-corrected chi connectivity index (χ4v) is 5.40. The highest BCUT2D eigenvalue weighted by atomic mass is 35.5. The summed E-state index contributed by atoms with van der Waals surface area (Å²) in [6.45, 7) is 0.505. The molecule has 0 unspecified atom stereocenters. The summed E-state index contributed by atoms with van der Waals surface area (Å²) in [5.74, 6) is -1.51. The highest BCUT2D eigenvalue weighted by molar-refractivity contribution is 7.90. The van der Waals surface area contributed by atoms with Gasteiger partial charge in [0, 0.05) is 49.2 Å². The molecule has 1 N–H and O–H groups in total. The first-order valence-electron chi connectivity index (χ1n) is 10.6. The van der Waals surface area contributed by atoms with Gasteiger partial charge in [-0.15, -0.1) is 0 Å². The van der Waals surface area contributed by atoms with Gasteiger partial charge < -0.3 is 5.32 Å². The second-order valence-corrected chi connectivity index (χ2v) is 10.3. The molecule has 1 aliphatic rings. The lowest BCUT2D eigenvalue weighted by molar-refractivity contribution is 0.102. The third-order valence-corrected chi connectivity index (χ3v) is 8.02. The number of carbonyl (C=O) groups excluding carboxylic acids is 1. The molecule has 2 aromatic carbocycles. The molecule has 1 amide bonds. The van der Waals surface area contributed by atoms with Crippen LogP contribution in [0.15, 0.2) is 67.0 Å². The first kappa shape index (κ1) is 23.2. The molecule has 0 spiro atoms. The molecule has 11 heteroatoms. The van der Waals surface area contributed by atoms with Gasteiger partial charge in [0.2, 0.25) is 0 Å². The van der Waals surface area contributed by atoms with Gasteiger partial charge in [0.05, 0.1) is 27.5 Å². The molecule has 0 atom stereocenters. The Hall–Kier alpha value is -3.60. The van der Waals surface area contributed by atoms with Crippen LogP contribution in [0, 0.1) is 5.82 Å². The summed E-state index contributed by atoms with van der Waals surface area (Å²) in [4.78, 5) is 21.5. The molecule has 0 aliphatic carbocycles. The molecule has 5 rings (SSSR count). The van der Waals surface area contributed by atoms with Crippen molar-refractivity contribution in [1.29, 1.82) is 0 Å². The highest BCUT2D eigenvalue weighted by Crippen LogP contribution is 2.31. The zero-order valence-corrected chi connectivity index (χ0v) is 20.0. The second kappa shape index (κ2) is 8.88. The maximum Gasteiger partial charge on any atom is 0.303 e. The van der Waals surface area contributed by atoms with E-state index in [4.69, 9.17) is 11.6 Å². The first-order chi connectivity index (χ1) is 16.7. The average Bonchev–Trinajstić information content (AvgIpc) is 3.11. The van der Waals surface area contributed by atoms with Crippen molar-refractivity contribution in [3.63, 3.8) is 0 Å². The van der Waals surface area contributed by atoms with Crippen molar-refractivity contribution in [2.24, 2.45) is 0 Å². The lowest BCUT2D eigenvalue weighted by atomic mass is 10.1. The van der Waals surface area contributed by atoms with E-state index in [-0.39, 0.29) is 17.8 Å². The molecule has 1 aliphatic heterocycles. The third-order valence-electron chi connectivity index (χ3n) is 5.77.